The van der Waals surface area contributed by atoms with Gasteiger partial charge in [0, 0.05) is 11.8 Å². The standard InChI is InChI=1S/C26H42O3/c1-16-12-13-25(3)18(14-16)7-8-19-21-10-9-20(17(2)6-11-24(28)29-5)26(21,4)23(27)15-22(19)25/h15-21,23,27H,6-14H2,1-5H3/t16-,17-,18-,19?,20?,21?,23?,25+,26-/m1/s1. The molecule has 4 unspecified atom stereocenters. The Hall–Kier alpha value is -0.830. The van der Waals surface area contributed by atoms with Gasteiger partial charge in [-0.25, -0.2) is 0 Å². The van der Waals surface area contributed by atoms with E-state index >= 15 is 0 Å². The Kier molecular flexibility index (Phi) is 5.68. The third kappa shape index (κ3) is 3.30. The van der Waals surface area contributed by atoms with Gasteiger partial charge in [-0.2, -0.15) is 0 Å². The predicted octanol–water partition coefficient (Wildman–Crippen LogP) is 5.76. The molecule has 3 saturated carbocycles. The maximum Gasteiger partial charge on any atom is 0.305 e. The molecule has 0 aromatic heterocycles. The molecule has 0 aromatic carbocycles. The summed E-state index contributed by atoms with van der Waals surface area (Å²) in [4.78, 5) is 11.7. The molecule has 0 aromatic rings. The van der Waals surface area contributed by atoms with Gasteiger partial charge in [0.25, 0.3) is 0 Å². The summed E-state index contributed by atoms with van der Waals surface area (Å²) in [5, 5.41) is 11.5. The Labute approximate surface area is 177 Å². The van der Waals surface area contributed by atoms with Crippen molar-refractivity contribution in [2.45, 2.75) is 91.6 Å². The van der Waals surface area contributed by atoms with Crippen molar-refractivity contribution in [3.8, 4) is 0 Å². The minimum Gasteiger partial charge on any atom is -0.469 e. The van der Waals surface area contributed by atoms with E-state index in [9.17, 15) is 9.90 Å². The van der Waals surface area contributed by atoms with E-state index < -0.39 is 0 Å². The number of hydrogen-bond donors (Lipinski definition) is 1. The number of allylic oxidation sites excluding steroid dienone is 1. The summed E-state index contributed by atoms with van der Waals surface area (Å²) in [6, 6.07) is 0. The fraction of sp³-hybridized carbons (Fsp3) is 0.885. The monoisotopic (exact) mass is 402 g/mol. The molecular formula is C26H42O3. The van der Waals surface area contributed by atoms with Gasteiger partial charge < -0.3 is 9.84 Å². The smallest absolute Gasteiger partial charge is 0.305 e. The van der Waals surface area contributed by atoms with Gasteiger partial charge in [0.05, 0.1) is 13.2 Å². The van der Waals surface area contributed by atoms with Crippen LogP contribution in [0.1, 0.15) is 85.5 Å². The zero-order valence-electron chi connectivity index (χ0n) is 19.2. The fourth-order valence-corrected chi connectivity index (χ4v) is 8.35. The Bertz CT molecular complexity index is 669. The largest absolute Gasteiger partial charge is 0.469 e. The lowest BCUT2D eigenvalue weighted by Gasteiger charge is -2.58. The first-order chi connectivity index (χ1) is 13.7. The van der Waals surface area contributed by atoms with Crippen LogP contribution in [0.15, 0.2) is 11.6 Å². The molecule has 0 heterocycles. The Morgan fingerprint density at radius 3 is 2.72 bits per heavy atom. The zero-order valence-corrected chi connectivity index (χ0v) is 19.2. The quantitative estimate of drug-likeness (QED) is 0.480. The van der Waals surface area contributed by atoms with E-state index in [-0.39, 0.29) is 17.5 Å². The van der Waals surface area contributed by atoms with Crippen LogP contribution < -0.4 is 0 Å². The molecule has 0 spiro atoms. The predicted molar refractivity (Wildman–Crippen MR) is 116 cm³/mol. The SMILES string of the molecule is COC(=O)CC[C@@H](C)C1CCC2C3CC[C@@H]4C[C@H](C)CC[C@]4(C)C3=CC(O)[C@@]21C. The van der Waals surface area contributed by atoms with Gasteiger partial charge in [0.15, 0.2) is 0 Å². The van der Waals surface area contributed by atoms with Gasteiger partial charge in [-0.1, -0.05) is 39.3 Å². The molecule has 0 radical (unpaired) electrons. The number of fused-ring (bicyclic) bond motifs is 5. The maximum atomic E-state index is 11.7. The average Bonchev–Trinajstić information content (AvgIpc) is 3.06. The van der Waals surface area contributed by atoms with E-state index in [2.05, 4.69) is 33.8 Å². The minimum atomic E-state index is -0.346. The molecule has 3 heteroatoms. The van der Waals surface area contributed by atoms with Gasteiger partial charge in [-0.3, -0.25) is 4.79 Å². The van der Waals surface area contributed by atoms with Crippen molar-refractivity contribution < 1.29 is 14.6 Å². The first-order valence-electron chi connectivity index (χ1n) is 12.2. The van der Waals surface area contributed by atoms with Crippen molar-refractivity contribution in [3.63, 3.8) is 0 Å². The number of hydrogen-bond acceptors (Lipinski definition) is 3. The lowest BCUT2D eigenvalue weighted by molar-refractivity contribution is -0.141. The van der Waals surface area contributed by atoms with E-state index in [0.29, 0.717) is 35.5 Å². The summed E-state index contributed by atoms with van der Waals surface area (Å²) in [5.74, 6) is 3.74. The number of esters is 1. The molecule has 164 valence electrons. The lowest BCUT2D eigenvalue weighted by atomic mass is 9.47. The molecule has 9 atom stereocenters. The summed E-state index contributed by atoms with van der Waals surface area (Å²) in [6.45, 7) is 9.58. The van der Waals surface area contributed by atoms with Crippen LogP contribution in [0.5, 0.6) is 0 Å². The summed E-state index contributed by atoms with van der Waals surface area (Å²) >= 11 is 0. The van der Waals surface area contributed by atoms with Crippen LogP contribution in [-0.2, 0) is 9.53 Å². The fourth-order valence-electron chi connectivity index (χ4n) is 8.35. The molecule has 0 aliphatic heterocycles. The number of carbonyl (C=O) groups excluding carboxylic acids is 1. The minimum absolute atomic E-state index is 0.0468. The second kappa shape index (κ2) is 7.70. The number of rotatable bonds is 4. The highest BCUT2D eigenvalue weighted by Crippen LogP contribution is 2.66. The number of carbonyl (C=O) groups is 1. The Morgan fingerprint density at radius 2 is 2.00 bits per heavy atom. The normalized spacial score (nSPS) is 47.4. The molecule has 3 fully saturated rings. The zero-order chi connectivity index (χ0) is 21.0. The molecule has 3 nitrogen and oxygen atoms in total. The summed E-state index contributed by atoms with van der Waals surface area (Å²) in [7, 11) is 1.47. The van der Waals surface area contributed by atoms with E-state index in [4.69, 9.17) is 4.74 Å². The second-order valence-electron chi connectivity index (χ2n) is 11.5. The molecule has 4 rings (SSSR count). The van der Waals surface area contributed by atoms with Crippen LogP contribution in [0.3, 0.4) is 0 Å². The van der Waals surface area contributed by atoms with Crippen LogP contribution >= 0.6 is 0 Å². The van der Waals surface area contributed by atoms with Crippen LogP contribution in [0.4, 0.5) is 0 Å². The molecule has 1 N–H and O–H groups in total. The number of ether oxygens (including phenoxy) is 1. The summed E-state index contributed by atoms with van der Waals surface area (Å²) in [6.07, 6.45) is 12.5. The van der Waals surface area contributed by atoms with Gasteiger partial charge in [-0.15, -0.1) is 0 Å². The second-order valence-corrected chi connectivity index (χ2v) is 11.5. The van der Waals surface area contributed by atoms with Gasteiger partial charge in [-0.05, 0) is 92.3 Å². The molecule has 0 amide bonds. The van der Waals surface area contributed by atoms with Crippen molar-refractivity contribution in [2.75, 3.05) is 7.11 Å². The van der Waals surface area contributed by atoms with E-state index in [1.54, 1.807) is 5.57 Å². The van der Waals surface area contributed by atoms with Crippen molar-refractivity contribution in [1.82, 2.24) is 0 Å². The first kappa shape index (κ1) is 21.4. The van der Waals surface area contributed by atoms with Crippen LogP contribution in [-0.4, -0.2) is 24.3 Å². The van der Waals surface area contributed by atoms with Crippen molar-refractivity contribution in [3.05, 3.63) is 11.6 Å². The topological polar surface area (TPSA) is 46.5 Å². The van der Waals surface area contributed by atoms with Gasteiger partial charge in [0.1, 0.15) is 0 Å². The highest BCUT2D eigenvalue weighted by atomic mass is 16.5. The average molecular weight is 403 g/mol. The molecule has 0 saturated heterocycles. The maximum absolute atomic E-state index is 11.7. The molecule has 29 heavy (non-hydrogen) atoms. The van der Waals surface area contributed by atoms with E-state index in [1.165, 1.54) is 52.1 Å². The lowest BCUT2D eigenvalue weighted by Crippen LogP contribution is -2.53. The molecule has 0 bridgehead atoms. The molecule has 4 aliphatic rings. The third-order valence-electron chi connectivity index (χ3n) is 10.2. The first-order valence-corrected chi connectivity index (χ1v) is 12.2. The van der Waals surface area contributed by atoms with Crippen LogP contribution in [0, 0.1) is 46.3 Å². The van der Waals surface area contributed by atoms with Gasteiger partial charge in [0.2, 0.25) is 0 Å². The number of methoxy groups -OCH3 is 1. The Balaban J connectivity index is 1.59. The van der Waals surface area contributed by atoms with Crippen LogP contribution in [0.25, 0.3) is 0 Å². The highest BCUT2D eigenvalue weighted by Gasteiger charge is 2.60. The van der Waals surface area contributed by atoms with E-state index in [1.807, 2.05) is 0 Å². The summed E-state index contributed by atoms with van der Waals surface area (Å²) in [5.41, 5.74) is 1.89. The van der Waals surface area contributed by atoms with Crippen LogP contribution in [0.2, 0.25) is 0 Å². The van der Waals surface area contributed by atoms with Crippen molar-refractivity contribution >= 4 is 5.97 Å². The summed E-state index contributed by atoms with van der Waals surface area (Å²) < 4.78 is 4.86. The van der Waals surface area contributed by atoms with E-state index in [0.717, 1.165) is 18.3 Å². The third-order valence-corrected chi connectivity index (χ3v) is 10.2. The molecule has 4 aliphatic carbocycles. The Morgan fingerprint density at radius 1 is 1.24 bits per heavy atom. The van der Waals surface area contributed by atoms with Gasteiger partial charge >= 0.3 is 5.97 Å². The number of aliphatic hydroxyl groups excluding tert-OH is 1. The van der Waals surface area contributed by atoms with Crippen molar-refractivity contribution in [1.29, 1.82) is 0 Å². The molecular weight excluding hydrogens is 360 g/mol. The number of aliphatic hydroxyl groups is 1. The van der Waals surface area contributed by atoms with Crippen molar-refractivity contribution in [2.24, 2.45) is 46.3 Å². The highest BCUT2D eigenvalue weighted by molar-refractivity contribution is 5.69.